The van der Waals surface area contributed by atoms with Gasteiger partial charge in [-0.1, -0.05) is 0 Å². The van der Waals surface area contributed by atoms with Gasteiger partial charge in [0.2, 0.25) is 5.71 Å². The Bertz CT molecular complexity index is 678. The molecule has 0 saturated carbocycles. The summed E-state index contributed by atoms with van der Waals surface area (Å²) in [6, 6.07) is 0. The Morgan fingerprint density at radius 1 is 1.47 bits per heavy atom. The van der Waals surface area contributed by atoms with Gasteiger partial charge in [0.15, 0.2) is 0 Å². The molecule has 2 rings (SSSR count). The number of amides is 1. The van der Waals surface area contributed by atoms with Crippen LogP contribution in [-0.4, -0.2) is 21.5 Å². The largest absolute Gasteiger partial charge is 0.442 e. The van der Waals surface area contributed by atoms with Crippen LogP contribution < -0.4 is 11.0 Å². The molecule has 0 fully saturated rings. The molecule has 2 aromatic heterocycles. The van der Waals surface area contributed by atoms with Crippen LogP contribution in [0.5, 0.6) is 0 Å². The fraction of sp³-hybridized carbons (Fsp3) is 0.417. The summed E-state index contributed by atoms with van der Waals surface area (Å²) in [5, 5.41) is 0.120. The van der Waals surface area contributed by atoms with Crippen molar-refractivity contribution in [2.24, 2.45) is 0 Å². The summed E-state index contributed by atoms with van der Waals surface area (Å²) in [6.45, 7) is 6.97. The number of H-pyrrole nitrogens is 1. The van der Waals surface area contributed by atoms with E-state index < -0.39 is 17.1 Å². The smallest absolute Gasteiger partial charge is 0.279 e. The van der Waals surface area contributed by atoms with Gasteiger partial charge < -0.3 is 9.40 Å². The molecule has 19 heavy (non-hydrogen) atoms. The van der Waals surface area contributed by atoms with Crippen LogP contribution in [0.2, 0.25) is 0 Å². The maximum atomic E-state index is 12.1. The van der Waals surface area contributed by atoms with Crippen molar-refractivity contribution >= 4 is 17.0 Å². The third kappa shape index (κ3) is 2.65. The number of nitrogens with zero attached hydrogens (tertiary/aromatic N) is 1. The quantitative estimate of drug-likeness (QED) is 0.797. The van der Waals surface area contributed by atoms with Gasteiger partial charge in [-0.3, -0.25) is 14.4 Å². The Balaban J connectivity index is 2.42. The summed E-state index contributed by atoms with van der Waals surface area (Å²) in [5.41, 5.74) is 1.60. The van der Waals surface area contributed by atoms with Crippen LogP contribution in [0.4, 0.5) is 0 Å². The molecule has 0 atom stereocenters. The summed E-state index contributed by atoms with van der Waals surface area (Å²) < 4.78 is 5.29. The Labute approximate surface area is 108 Å². The fourth-order valence-corrected chi connectivity index (χ4v) is 1.58. The Hall–Kier alpha value is -2.15. The molecule has 2 N–H and O–H groups in total. The number of hydroxylamine groups is 1. The lowest BCUT2D eigenvalue weighted by atomic mass is 10.2. The number of fused-ring (bicyclic) bond motifs is 1. The number of carbonyl (C=O) groups is 1. The van der Waals surface area contributed by atoms with Crippen LogP contribution in [0, 0.1) is 6.92 Å². The van der Waals surface area contributed by atoms with Crippen LogP contribution >= 0.6 is 0 Å². The molecule has 0 spiro atoms. The number of furan rings is 1. The van der Waals surface area contributed by atoms with E-state index in [0.29, 0.717) is 5.76 Å². The molecule has 2 aromatic rings. The van der Waals surface area contributed by atoms with E-state index in [9.17, 15) is 9.59 Å². The number of nitrogens with one attached hydrogen (secondary N) is 2. The number of aromatic amines is 1. The average Bonchev–Trinajstić information content (AvgIpc) is 2.63. The lowest BCUT2D eigenvalue weighted by Gasteiger charge is -2.18. The van der Waals surface area contributed by atoms with E-state index in [0.717, 1.165) is 0 Å². The number of hydrogen-bond acceptors (Lipinski definition) is 5. The van der Waals surface area contributed by atoms with Crippen molar-refractivity contribution < 1.29 is 14.0 Å². The van der Waals surface area contributed by atoms with E-state index in [2.05, 4.69) is 15.4 Å². The normalized spacial score (nSPS) is 11.8. The van der Waals surface area contributed by atoms with E-state index in [1.807, 2.05) is 0 Å². The van der Waals surface area contributed by atoms with Crippen LogP contribution in [0.3, 0.4) is 0 Å². The molecule has 7 nitrogen and oxygen atoms in total. The highest BCUT2D eigenvalue weighted by Gasteiger charge is 2.23. The van der Waals surface area contributed by atoms with Crippen molar-refractivity contribution in [1.29, 1.82) is 0 Å². The van der Waals surface area contributed by atoms with Gasteiger partial charge in [-0.25, -0.2) is 10.5 Å². The van der Waals surface area contributed by atoms with E-state index in [1.165, 1.54) is 6.33 Å². The topological polar surface area (TPSA) is 97.2 Å². The molecule has 0 radical (unpaired) electrons. The zero-order valence-electron chi connectivity index (χ0n) is 11.2. The van der Waals surface area contributed by atoms with Gasteiger partial charge >= 0.3 is 0 Å². The molecule has 0 aliphatic rings. The van der Waals surface area contributed by atoms with E-state index in [4.69, 9.17) is 9.25 Å². The summed E-state index contributed by atoms with van der Waals surface area (Å²) in [7, 11) is 0. The van der Waals surface area contributed by atoms with Gasteiger partial charge in [-0.05, 0) is 27.7 Å². The Morgan fingerprint density at radius 3 is 2.79 bits per heavy atom. The highest BCUT2D eigenvalue weighted by Crippen LogP contribution is 2.20. The minimum atomic E-state index is -0.537. The molecule has 0 bridgehead atoms. The molecular formula is C12H15N3O4. The van der Waals surface area contributed by atoms with Crippen LogP contribution in [0.1, 0.15) is 36.9 Å². The van der Waals surface area contributed by atoms with Crippen molar-refractivity contribution in [2.75, 3.05) is 0 Å². The first kappa shape index (κ1) is 13.3. The van der Waals surface area contributed by atoms with Crippen molar-refractivity contribution in [3.05, 3.63) is 28.0 Å². The second-order valence-electron chi connectivity index (χ2n) is 5.09. The SMILES string of the molecule is Cc1oc2nc[nH]c(=O)c2c1C(=O)NOC(C)(C)C. The van der Waals surface area contributed by atoms with E-state index in [-0.39, 0.29) is 16.7 Å². The van der Waals surface area contributed by atoms with Crippen LogP contribution in [0.25, 0.3) is 11.1 Å². The number of aromatic nitrogens is 2. The molecule has 1 amide bonds. The Morgan fingerprint density at radius 2 is 2.16 bits per heavy atom. The first-order valence-electron chi connectivity index (χ1n) is 5.75. The number of carbonyl (C=O) groups excluding carboxylic acids is 1. The fourth-order valence-electron chi connectivity index (χ4n) is 1.58. The predicted octanol–water partition coefficient (Wildman–Crippen LogP) is 1.28. The Kier molecular flexibility index (Phi) is 3.15. The second-order valence-corrected chi connectivity index (χ2v) is 5.09. The summed E-state index contributed by atoms with van der Waals surface area (Å²) in [6.07, 6.45) is 1.22. The van der Waals surface area contributed by atoms with Gasteiger partial charge in [-0.15, -0.1) is 0 Å². The first-order valence-corrected chi connectivity index (χ1v) is 5.75. The minimum absolute atomic E-state index is 0.120. The zero-order valence-corrected chi connectivity index (χ0v) is 11.2. The standard InChI is InChI=1S/C12H15N3O4/c1-6-7(10(17)15-19-12(2,3)4)8-9(16)13-5-14-11(8)18-6/h5H,1-4H3,(H,15,17)(H,13,14,16). The van der Waals surface area contributed by atoms with Crippen LogP contribution in [0.15, 0.2) is 15.5 Å². The summed E-state index contributed by atoms with van der Waals surface area (Å²) in [4.78, 5) is 35.3. The third-order valence-electron chi connectivity index (χ3n) is 2.35. The van der Waals surface area contributed by atoms with Crippen molar-refractivity contribution in [2.45, 2.75) is 33.3 Å². The molecule has 102 valence electrons. The summed E-state index contributed by atoms with van der Waals surface area (Å²) in [5.74, 6) is -0.223. The first-order chi connectivity index (χ1) is 8.79. The number of aryl methyl sites for hydroxylation is 1. The maximum absolute atomic E-state index is 12.1. The predicted molar refractivity (Wildman–Crippen MR) is 67.7 cm³/mol. The van der Waals surface area contributed by atoms with E-state index in [1.54, 1.807) is 27.7 Å². The molecule has 0 unspecified atom stereocenters. The van der Waals surface area contributed by atoms with Gasteiger partial charge in [0.05, 0.1) is 17.5 Å². The van der Waals surface area contributed by atoms with Crippen LogP contribution in [-0.2, 0) is 4.84 Å². The third-order valence-corrected chi connectivity index (χ3v) is 2.35. The highest BCUT2D eigenvalue weighted by atomic mass is 16.7. The average molecular weight is 265 g/mol. The van der Waals surface area contributed by atoms with Crippen molar-refractivity contribution in [1.82, 2.24) is 15.4 Å². The zero-order chi connectivity index (χ0) is 14.2. The second kappa shape index (κ2) is 4.51. The molecule has 0 aromatic carbocycles. The maximum Gasteiger partial charge on any atom is 0.279 e. The lowest BCUT2D eigenvalue weighted by molar-refractivity contribution is -0.0589. The van der Waals surface area contributed by atoms with Gasteiger partial charge in [-0.2, -0.15) is 0 Å². The summed E-state index contributed by atoms with van der Waals surface area (Å²) >= 11 is 0. The monoisotopic (exact) mass is 265 g/mol. The number of rotatable bonds is 2. The van der Waals surface area contributed by atoms with Gasteiger partial charge in [0.25, 0.3) is 11.5 Å². The minimum Gasteiger partial charge on any atom is -0.442 e. The van der Waals surface area contributed by atoms with Crippen molar-refractivity contribution in [3.63, 3.8) is 0 Å². The number of hydrogen-bond donors (Lipinski definition) is 2. The molecule has 0 aliphatic heterocycles. The molecule has 7 heteroatoms. The van der Waals surface area contributed by atoms with Crippen molar-refractivity contribution in [3.8, 4) is 0 Å². The molecule has 0 saturated heterocycles. The van der Waals surface area contributed by atoms with E-state index >= 15 is 0 Å². The molecular weight excluding hydrogens is 250 g/mol. The highest BCUT2D eigenvalue weighted by molar-refractivity contribution is 6.05. The molecule has 0 aliphatic carbocycles. The van der Waals surface area contributed by atoms with Gasteiger partial charge in [0, 0.05) is 0 Å². The molecule has 2 heterocycles. The lowest BCUT2D eigenvalue weighted by Crippen LogP contribution is -2.34. The van der Waals surface area contributed by atoms with Gasteiger partial charge in [0.1, 0.15) is 11.1 Å².